The minimum atomic E-state index is -0.834. The number of carbonyl (C=O) groups is 1. The second-order valence-electron chi connectivity index (χ2n) is 10.6. The maximum atomic E-state index is 14.1. The normalized spacial score (nSPS) is 11.0. The number of fused-ring (bicyclic) bond motifs is 1. The molecular weight excluding hydrogens is 658 g/mol. The summed E-state index contributed by atoms with van der Waals surface area (Å²) in [4.78, 5) is 28.9. The van der Waals surface area contributed by atoms with Gasteiger partial charge in [-0.15, -0.1) is 0 Å². The van der Waals surface area contributed by atoms with Crippen LogP contribution in [0.1, 0.15) is 34.8 Å². The summed E-state index contributed by atoms with van der Waals surface area (Å²) in [5.41, 5.74) is 2.54. The summed E-state index contributed by atoms with van der Waals surface area (Å²) in [5, 5.41) is 1.20. The van der Waals surface area contributed by atoms with E-state index in [1.165, 1.54) is 26.0 Å². The molecule has 0 aliphatic heterocycles. The van der Waals surface area contributed by atoms with Crippen molar-refractivity contribution in [1.29, 1.82) is 0 Å². The van der Waals surface area contributed by atoms with Crippen molar-refractivity contribution < 1.29 is 27.8 Å². The van der Waals surface area contributed by atoms with Crippen LogP contribution in [0.2, 0.25) is 0 Å². The van der Waals surface area contributed by atoms with E-state index in [4.69, 9.17) is 14.2 Å². The van der Waals surface area contributed by atoms with Crippen LogP contribution < -0.4 is 24.5 Å². The molecule has 0 saturated heterocycles. The average molecular weight is 692 g/mol. The first-order chi connectivity index (χ1) is 22.2. The lowest BCUT2D eigenvalue weighted by Gasteiger charge is -2.22. The van der Waals surface area contributed by atoms with Gasteiger partial charge < -0.3 is 23.7 Å². The number of carbonyl (C=O) groups excluding carboxylic acids is 1. The van der Waals surface area contributed by atoms with Gasteiger partial charge >= 0.3 is 0 Å². The number of benzene rings is 4. The number of alkyl halides is 1. The van der Waals surface area contributed by atoms with Crippen LogP contribution in [0.25, 0.3) is 16.6 Å². The molecule has 238 valence electrons. The predicted octanol–water partition coefficient (Wildman–Crippen LogP) is 7.86. The molecule has 0 N–H and O–H groups in total. The molecular formula is C36H33BrF2N2O5. The van der Waals surface area contributed by atoms with Gasteiger partial charge in [0.25, 0.3) is 5.91 Å². The van der Waals surface area contributed by atoms with E-state index in [-0.39, 0.29) is 23.2 Å². The maximum absolute atomic E-state index is 14.1. The van der Waals surface area contributed by atoms with Gasteiger partial charge in [-0.2, -0.15) is 0 Å². The largest absolute Gasteiger partial charge is 0.497 e. The Hall–Kier alpha value is -4.70. The fourth-order valence-electron chi connectivity index (χ4n) is 5.22. The van der Waals surface area contributed by atoms with Crippen LogP contribution in [0.4, 0.5) is 14.5 Å². The number of rotatable bonds is 12. The Labute approximate surface area is 274 Å². The number of pyridine rings is 1. The summed E-state index contributed by atoms with van der Waals surface area (Å²) in [6.07, 6.45) is 3.47. The lowest BCUT2D eigenvalue weighted by atomic mass is 10.1. The van der Waals surface area contributed by atoms with E-state index in [0.717, 1.165) is 46.8 Å². The van der Waals surface area contributed by atoms with Crippen molar-refractivity contribution in [3.8, 4) is 22.9 Å². The maximum Gasteiger partial charge on any atom is 0.263 e. The van der Waals surface area contributed by atoms with E-state index in [1.807, 2.05) is 12.1 Å². The molecule has 5 rings (SSSR count). The van der Waals surface area contributed by atoms with Gasteiger partial charge in [0.15, 0.2) is 0 Å². The molecule has 0 atom stereocenters. The average Bonchev–Trinajstić information content (AvgIpc) is 3.06. The first-order valence-corrected chi connectivity index (χ1v) is 15.8. The molecule has 10 heteroatoms. The highest BCUT2D eigenvalue weighted by molar-refractivity contribution is 9.09. The number of aryl methyl sites for hydroxylation is 1. The molecule has 0 unspecified atom stereocenters. The highest BCUT2D eigenvalue weighted by atomic mass is 79.9. The van der Waals surface area contributed by atoms with Crippen molar-refractivity contribution in [2.45, 2.75) is 26.4 Å². The SMILES string of the molecule is CCN(C(=O)c1cn(-c2cc(OC)cc(OC)c2)c2cc(OCc3ccc(CCCBr)cc3)ccc2c1=O)c1cc(F)cc(F)c1. The van der Waals surface area contributed by atoms with Gasteiger partial charge in [0.05, 0.1) is 25.4 Å². The van der Waals surface area contributed by atoms with Crippen LogP contribution in [0.15, 0.2) is 89.9 Å². The molecule has 4 aromatic carbocycles. The van der Waals surface area contributed by atoms with E-state index >= 15 is 0 Å². The topological polar surface area (TPSA) is 70.0 Å². The number of halogens is 3. The zero-order valence-electron chi connectivity index (χ0n) is 25.7. The summed E-state index contributed by atoms with van der Waals surface area (Å²) in [5.74, 6) is -0.873. The van der Waals surface area contributed by atoms with Gasteiger partial charge in [-0.25, -0.2) is 8.78 Å². The first kappa shape index (κ1) is 32.7. The molecule has 5 aromatic rings. The number of methoxy groups -OCH3 is 2. The summed E-state index contributed by atoms with van der Waals surface area (Å²) in [6, 6.07) is 21.3. The van der Waals surface area contributed by atoms with Gasteiger partial charge in [-0.1, -0.05) is 40.2 Å². The minimum absolute atomic E-state index is 0.000929. The molecule has 0 bridgehead atoms. The molecule has 0 radical (unpaired) electrons. The van der Waals surface area contributed by atoms with Gasteiger partial charge in [-0.05, 0) is 55.2 Å². The summed E-state index contributed by atoms with van der Waals surface area (Å²) >= 11 is 3.47. The number of hydrogen-bond acceptors (Lipinski definition) is 5. The molecule has 0 fully saturated rings. The van der Waals surface area contributed by atoms with Crippen LogP contribution in [0.5, 0.6) is 17.2 Å². The Morgan fingerprint density at radius 3 is 2.11 bits per heavy atom. The highest BCUT2D eigenvalue weighted by Crippen LogP contribution is 2.30. The van der Waals surface area contributed by atoms with Crippen molar-refractivity contribution in [2.24, 2.45) is 0 Å². The summed E-state index contributed by atoms with van der Waals surface area (Å²) < 4.78 is 47.0. The number of hydrogen-bond donors (Lipinski definition) is 0. The van der Waals surface area contributed by atoms with Crippen molar-refractivity contribution in [3.63, 3.8) is 0 Å². The van der Waals surface area contributed by atoms with Crippen LogP contribution in [-0.2, 0) is 13.0 Å². The minimum Gasteiger partial charge on any atom is -0.497 e. The molecule has 0 aliphatic carbocycles. The van der Waals surface area contributed by atoms with Crippen molar-refractivity contribution >= 4 is 38.4 Å². The Balaban J connectivity index is 1.60. The lowest BCUT2D eigenvalue weighted by molar-refractivity contribution is 0.0987. The third-order valence-electron chi connectivity index (χ3n) is 7.57. The summed E-state index contributed by atoms with van der Waals surface area (Å²) in [7, 11) is 3.04. The van der Waals surface area contributed by atoms with Crippen LogP contribution in [0, 0.1) is 11.6 Å². The fraction of sp³-hybridized carbons (Fsp3) is 0.222. The van der Waals surface area contributed by atoms with Crippen molar-refractivity contribution in [3.05, 3.63) is 124 Å². The third kappa shape index (κ3) is 7.23. The van der Waals surface area contributed by atoms with Gasteiger partial charge in [0.1, 0.15) is 41.1 Å². The fourth-order valence-corrected chi connectivity index (χ4v) is 5.50. The Morgan fingerprint density at radius 2 is 1.50 bits per heavy atom. The van der Waals surface area contributed by atoms with E-state index in [9.17, 15) is 18.4 Å². The standard InChI is InChI=1S/C36H33BrF2N2O5/c1-4-40(27-15-25(38)14-26(39)16-27)36(43)33-21-41(28-17-30(44-2)19-31(18-28)45-3)34-20-29(11-12-32(34)35(33)42)46-22-24-9-7-23(8-10-24)6-5-13-37/h7-12,14-21H,4-6,13,22H2,1-3H3. The van der Waals surface area contributed by atoms with E-state index in [1.54, 1.807) is 47.9 Å². The lowest BCUT2D eigenvalue weighted by Crippen LogP contribution is -2.35. The number of aromatic nitrogens is 1. The molecule has 7 nitrogen and oxygen atoms in total. The van der Waals surface area contributed by atoms with Crippen LogP contribution >= 0.6 is 15.9 Å². The smallest absolute Gasteiger partial charge is 0.263 e. The molecule has 1 aromatic heterocycles. The number of nitrogens with zero attached hydrogens (tertiary/aromatic N) is 2. The highest BCUT2D eigenvalue weighted by Gasteiger charge is 2.24. The summed E-state index contributed by atoms with van der Waals surface area (Å²) in [6.45, 7) is 2.04. The third-order valence-corrected chi connectivity index (χ3v) is 8.13. The van der Waals surface area contributed by atoms with Crippen LogP contribution in [-0.4, -0.2) is 36.6 Å². The van der Waals surface area contributed by atoms with Gasteiger partial charge in [-0.3, -0.25) is 9.59 Å². The Morgan fingerprint density at radius 1 is 0.848 bits per heavy atom. The van der Waals surface area contributed by atoms with Crippen molar-refractivity contribution in [1.82, 2.24) is 4.57 Å². The predicted molar refractivity (Wildman–Crippen MR) is 179 cm³/mol. The molecule has 46 heavy (non-hydrogen) atoms. The zero-order valence-corrected chi connectivity index (χ0v) is 27.3. The molecule has 1 heterocycles. The van der Waals surface area contributed by atoms with E-state index < -0.39 is 23.0 Å². The monoisotopic (exact) mass is 690 g/mol. The quantitative estimate of drug-likeness (QED) is 0.125. The van der Waals surface area contributed by atoms with E-state index in [0.29, 0.717) is 35.1 Å². The Bertz CT molecular complexity index is 1890. The zero-order chi connectivity index (χ0) is 32.8. The van der Waals surface area contributed by atoms with Gasteiger partial charge in [0.2, 0.25) is 5.43 Å². The number of anilines is 1. The number of ether oxygens (including phenoxy) is 3. The van der Waals surface area contributed by atoms with E-state index in [2.05, 4.69) is 28.1 Å². The molecule has 0 spiro atoms. The van der Waals surface area contributed by atoms with Crippen molar-refractivity contribution in [2.75, 3.05) is 31.0 Å². The van der Waals surface area contributed by atoms with Crippen LogP contribution in [0.3, 0.4) is 0 Å². The second-order valence-corrected chi connectivity index (χ2v) is 11.4. The van der Waals surface area contributed by atoms with Gasteiger partial charge in [0, 0.05) is 59.5 Å². The molecule has 0 saturated carbocycles. The molecule has 0 aliphatic rings. The first-order valence-electron chi connectivity index (χ1n) is 14.7. The Kier molecular flexibility index (Phi) is 10.4. The second kappa shape index (κ2) is 14.6. The number of amides is 1. The molecule has 1 amide bonds.